The van der Waals surface area contributed by atoms with Crippen LogP contribution in [0, 0.1) is 0 Å². The van der Waals surface area contributed by atoms with Crippen LogP contribution in [0.15, 0.2) is 48.5 Å². The number of aryl methyl sites for hydroxylation is 1. The number of benzene rings is 2. The highest BCUT2D eigenvalue weighted by Gasteiger charge is 2.17. The van der Waals surface area contributed by atoms with Crippen molar-refractivity contribution in [1.29, 1.82) is 0 Å². The van der Waals surface area contributed by atoms with E-state index >= 15 is 0 Å². The van der Waals surface area contributed by atoms with Crippen LogP contribution in [0.5, 0.6) is 0 Å². The largest absolute Gasteiger partial charge is 0.381 e. The molecule has 1 aliphatic rings. The lowest BCUT2D eigenvalue weighted by molar-refractivity contribution is -0.116. The van der Waals surface area contributed by atoms with Gasteiger partial charge in [0.15, 0.2) is 5.78 Å². The lowest BCUT2D eigenvalue weighted by atomic mass is 9.98. The molecule has 1 amide bonds. The summed E-state index contributed by atoms with van der Waals surface area (Å²) in [5, 5.41) is 2.87. The van der Waals surface area contributed by atoms with Crippen LogP contribution in [0.3, 0.4) is 0 Å². The van der Waals surface area contributed by atoms with Gasteiger partial charge < -0.3 is 10.1 Å². The van der Waals surface area contributed by atoms with Crippen LogP contribution in [-0.2, 0) is 16.0 Å². The maximum absolute atomic E-state index is 12.3. The summed E-state index contributed by atoms with van der Waals surface area (Å²) >= 11 is 0. The number of carbonyl (C=O) groups is 2. The molecule has 1 heterocycles. The summed E-state index contributed by atoms with van der Waals surface area (Å²) in [5.74, 6) is 0.323. The van der Waals surface area contributed by atoms with Crippen molar-refractivity contribution in [1.82, 2.24) is 0 Å². The van der Waals surface area contributed by atoms with E-state index in [0.29, 0.717) is 11.5 Å². The minimum atomic E-state index is -0.136. The van der Waals surface area contributed by atoms with E-state index in [9.17, 15) is 9.59 Å². The maximum Gasteiger partial charge on any atom is 0.224 e. The average Bonchev–Trinajstić information content (AvgIpc) is 3.22. The van der Waals surface area contributed by atoms with Gasteiger partial charge in [-0.05, 0) is 36.1 Å². The molecule has 0 saturated carbocycles. The molecule has 1 fully saturated rings. The third-order valence-electron chi connectivity index (χ3n) is 4.99. The second-order valence-corrected chi connectivity index (χ2v) is 7.10. The summed E-state index contributed by atoms with van der Waals surface area (Å²) in [6, 6.07) is 15.6. The van der Waals surface area contributed by atoms with Gasteiger partial charge in [-0.15, -0.1) is 0 Å². The fourth-order valence-electron chi connectivity index (χ4n) is 3.38. The molecule has 1 atom stereocenters. The Bertz CT molecular complexity index is 759. The Kier molecular flexibility index (Phi) is 6.77. The summed E-state index contributed by atoms with van der Waals surface area (Å²) in [6.07, 6.45) is 3.56. The molecule has 2 aromatic rings. The van der Waals surface area contributed by atoms with Crippen molar-refractivity contribution >= 4 is 17.4 Å². The van der Waals surface area contributed by atoms with E-state index in [1.807, 2.05) is 48.5 Å². The summed E-state index contributed by atoms with van der Waals surface area (Å²) in [7, 11) is 0. The number of carbonyl (C=O) groups excluding carboxylic acids is 2. The molecule has 0 aromatic heterocycles. The zero-order valence-electron chi connectivity index (χ0n) is 15.9. The van der Waals surface area contributed by atoms with Crippen LogP contribution in [0.25, 0.3) is 0 Å². The molecule has 0 bridgehead atoms. The minimum Gasteiger partial charge on any atom is -0.381 e. The van der Waals surface area contributed by atoms with Gasteiger partial charge >= 0.3 is 0 Å². The van der Waals surface area contributed by atoms with E-state index in [1.54, 1.807) is 0 Å². The number of anilines is 1. The van der Waals surface area contributed by atoms with Crippen LogP contribution in [0.1, 0.15) is 60.0 Å². The van der Waals surface area contributed by atoms with Crippen molar-refractivity contribution in [3.63, 3.8) is 0 Å². The van der Waals surface area contributed by atoms with Crippen molar-refractivity contribution in [2.75, 3.05) is 18.5 Å². The van der Waals surface area contributed by atoms with Gasteiger partial charge in [-0.2, -0.15) is 0 Å². The fraction of sp³-hybridized carbons (Fsp3) is 0.391. The molecule has 4 nitrogen and oxygen atoms in total. The predicted molar refractivity (Wildman–Crippen MR) is 107 cm³/mol. The SMILES string of the molecule is CCCc1ccc(C(=O)CCC(=O)Nc2ccc(C3CCOC3)cc2)cc1. The second kappa shape index (κ2) is 9.47. The van der Waals surface area contributed by atoms with Gasteiger partial charge in [-0.25, -0.2) is 0 Å². The third-order valence-corrected chi connectivity index (χ3v) is 4.99. The molecule has 4 heteroatoms. The number of ether oxygens (including phenoxy) is 1. The highest BCUT2D eigenvalue weighted by Crippen LogP contribution is 2.26. The first kappa shape index (κ1) is 19.3. The third kappa shape index (κ3) is 5.51. The highest BCUT2D eigenvalue weighted by molar-refractivity contribution is 6.00. The van der Waals surface area contributed by atoms with E-state index in [1.165, 1.54) is 11.1 Å². The van der Waals surface area contributed by atoms with Crippen molar-refractivity contribution < 1.29 is 14.3 Å². The second-order valence-electron chi connectivity index (χ2n) is 7.10. The monoisotopic (exact) mass is 365 g/mol. The van der Waals surface area contributed by atoms with Crippen LogP contribution >= 0.6 is 0 Å². The lowest BCUT2D eigenvalue weighted by Gasteiger charge is -2.10. The number of hydrogen-bond donors (Lipinski definition) is 1. The molecule has 1 N–H and O–H groups in total. The Hall–Kier alpha value is -2.46. The van der Waals surface area contributed by atoms with Gasteiger partial charge in [-0.1, -0.05) is 49.7 Å². The average molecular weight is 365 g/mol. The van der Waals surface area contributed by atoms with Gasteiger partial charge in [0.05, 0.1) is 6.61 Å². The first-order valence-electron chi connectivity index (χ1n) is 9.75. The number of amides is 1. The molecule has 1 aliphatic heterocycles. The molecule has 3 rings (SSSR count). The topological polar surface area (TPSA) is 55.4 Å². The first-order chi connectivity index (χ1) is 13.2. The number of Topliss-reactive ketones (excluding diaryl/α,β-unsaturated/α-hetero) is 1. The lowest BCUT2D eigenvalue weighted by Crippen LogP contribution is -2.13. The Balaban J connectivity index is 1.46. The molecule has 0 aliphatic carbocycles. The smallest absolute Gasteiger partial charge is 0.224 e. The first-order valence-corrected chi connectivity index (χ1v) is 9.75. The minimum absolute atomic E-state index is 0.00443. The molecule has 0 radical (unpaired) electrons. The van der Waals surface area contributed by atoms with E-state index in [-0.39, 0.29) is 24.5 Å². The molecule has 1 saturated heterocycles. The summed E-state index contributed by atoms with van der Waals surface area (Å²) in [6.45, 7) is 3.72. The van der Waals surface area contributed by atoms with Crippen LogP contribution in [-0.4, -0.2) is 24.9 Å². The summed E-state index contributed by atoms with van der Waals surface area (Å²) < 4.78 is 5.41. The summed E-state index contributed by atoms with van der Waals surface area (Å²) in [5.41, 5.74) is 3.91. The zero-order valence-corrected chi connectivity index (χ0v) is 15.9. The van der Waals surface area contributed by atoms with E-state index in [4.69, 9.17) is 4.74 Å². The molecule has 27 heavy (non-hydrogen) atoms. The quantitative estimate of drug-likeness (QED) is 0.687. The van der Waals surface area contributed by atoms with Crippen LogP contribution in [0.2, 0.25) is 0 Å². The molecule has 1 unspecified atom stereocenters. The van der Waals surface area contributed by atoms with E-state index in [0.717, 1.165) is 38.2 Å². The fourth-order valence-corrected chi connectivity index (χ4v) is 3.38. The van der Waals surface area contributed by atoms with Gasteiger partial charge in [-0.3, -0.25) is 9.59 Å². The van der Waals surface area contributed by atoms with Crippen LogP contribution < -0.4 is 5.32 Å². The summed E-state index contributed by atoms with van der Waals surface area (Å²) in [4.78, 5) is 24.4. The number of hydrogen-bond acceptors (Lipinski definition) is 3. The van der Waals surface area contributed by atoms with Gasteiger partial charge in [0.1, 0.15) is 0 Å². The molecular weight excluding hydrogens is 338 g/mol. The maximum atomic E-state index is 12.3. The van der Waals surface area contributed by atoms with Gasteiger partial charge in [0.2, 0.25) is 5.91 Å². The highest BCUT2D eigenvalue weighted by atomic mass is 16.5. The van der Waals surface area contributed by atoms with E-state index < -0.39 is 0 Å². The van der Waals surface area contributed by atoms with Crippen molar-refractivity contribution in [2.45, 2.75) is 44.9 Å². The van der Waals surface area contributed by atoms with Crippen molar-refractivity contribution in [2.24, 2.45) is 0 Å². The van der Waals surface area contributed by atoms with Crippen LogP contribution in [0.4, 0.5) is 5.69 Å². The Morgan fingerprint density at radius 2 is 1.78 bits per heavy atom. The standard InChI is InChI=1S/C23H27NO3/c1-2-3-17-4-6-19(7-5-17)22(25)12-13-23(26)24-21-10-8-18(9-11-21)20-14-15-27-16-20/h4-11,20H,2-3,12-16H2,1H3,(H,24,26). The van der Waals surface area contributed by atoms with Crippen molar-refractivity contribution in [3.05, 3.63) is 65.2 Å². The Labute approximate surface area is 160 Å². The normalized spacial score (nSPS) is 16.3. The Morgan fingerprint density at radius 1 is 1.04 bits per heavy atom. The van der Waals surface area contributed by atoms with Crippen molar-refractivity contribution in [3.8, 4) is 0 Å². The van der Waals surface area contributed by atoms with Gasteiger partial charge in [0, 0.05) is 36.6 Å². The molecule has 142 valence electrons. The molecule has 2 aromatic carbocycles. The number of nitrogens with one attached hydrogen (secondary N) is 1. The number of rotatable bonds is 8. The zero-order chi connectivity index (χ0) is 19.1. The number of ketones is 1. The van der Waals surface area contributed by atoms with Gasteiger partial charge in [0.25, 0.3) is 0 Å². The predicted octanol–water partition coefficient (Wildman–Crippen LogP) is 4.74. The van der Waals surface area contributed by atoms with E-state index in [2.05, 4.69) is 12.2 Å². The molecular formula is C23H27NO3. The molecule has 0 spiro atoms. The Morgan fingerprint density at radius 3 is 2.41 bits per heavy atom.